The molecule has 0 heterocycles. The molecular weight excluding hydrogens is 156 g/mol. The molecule has 0 aromatic rings. The Labute approximate surface area is 73.0 Å². The summed E-state index contributed by atoms with van der Waals surface area (Å²) in [6, 6.07) is 0. The Morgan fingerprint density at radius 2 is 2.17 bits per heavy atom. The number of allylic oxidation sites excluding steroid dienone is 1. The van der Waals surface area contributed by atoms with Crippen LogP contribution in [-0.4, -0.2) is 17.4 Å². The largest absolute Gasteiger partial charge is 0.435 e. The monoisotopic (exact) mass is 172 g/mol. The summed E-state index contributed by atoms with van der Waals surface area (Å²) in [5.41, 5.74) is 0. The maximum Gasteiger partial charge on any atom is 0.310 e. The number of rotatable bonds is 4. The Bertz CT molecular complexity index is 161. The van der Waals surface area contributed by atoms with E-state index >= 15 is 0 Å². The molecule has 3 nitrogen and oxygen atoms in total. The van der Waals surface area contributed by atoms with Crippen LogP contribution in [0.1, 0.15) is 27.2 Å². The predicted octanol–water partition coefficient (Wildman–Crippen LogP) is 1.47. The maximum absolute atomic E-state index is 10.9. The van der Waals surface area contributed by atoms with Crippen LogP contribution in [0.25, 0.3) is 0 Å². The van der Waals surface area contributed by atoms with Crippen molar-refractivity contribution in [2.24, 2.45) is 5.92 Å². The van der Waals surface area contributed by atoms with E-state index in [-0.39, 0.29) is 11.9 Å². The smallest absolute Gasteiger partial charge is 0.310 e. The Morgan fingerprint density at radius 3 is 2.58 bits per heavy atom. The number of esters is 1. The topological polar surface area (TPSA) is 46.5 Å². The van der Waals surface area contributed by atoms with Crippen molar-refractivity contribution in [2.45, 2.75) is 33.5 Å². The van der Waals surface area contributed by atoms with E-state index in [0.717, 1.165) is 0 Å². The van der Waals surface area contributed by atoms with E-state index in [2.05, 4.69) is 4.74 Å². The summed E-state index contributed by atoms with van der Waals surface area (Å²) in [4.78, 5) is 10.9. The van der Waals surface area contributed by atoms with Crippen LogP contribution in [0.15, 0.2) is 12.2 Å². The molecule has 0 bridgehead atoms. The average molecular weight is 172 g/mol. The summed E-state index contributed by atoms with van der Waals surface area (Å²) in [5.74, 6) is -0.558. The number of aliphatic hydroxyl groups excluding tert-OH is 1. The maximum atomic E-state index is 10.9. The molecule has 0 saturated carbocycles. The third-order valence-corrected chi connectivity index (χ3v) is 1.30. The van der Waals surface area contributed by atoms with Crippen LogP contribution in [-0.2, 0) is 9.53 Å². The molecular formula is C9H16O3. The lowest BCUT2D eigenvalue weighted by atomic mass is 10.2. The molecule has 0 rings (SSSR count). The van der Waals surface area contributed by atoms with Crippen molar-refractivity contribution >= 4 is 5.97 Å². The lowest BCUT2D eigenvalue weighted by molar-refractivity contribution is -0.170. The molecule has 0 radical (unpaired) electrons. The van der Waals surface area contributed by atoms with Crippen molar-refractivity contribution in [1.82, 2.24) is 0 Å². The van der Waals surface area contributed by atoms with E-state index in [1.165, 1.54) is 0 Å². The van der Waals surface area contributed by atoms with Gasteiger partial charge in [0, 0.05) is 6.42 Å². The zero-order valence-electron chi connectivity index (χ0n) is 7.78. The molecule has 12 heavy (non-hydrogen) atoms. The second kappa shape index (κ2) is 5.77. The van der Waals surface area contributed by atoms with Crippen LogP contribution >= 0.6 is 0 Å². The van der Waals surface area contributed by atoms with Gasteiger partial charge in [-0.15, -0.1) is 0 Å². The summed E-state index contributed by atoms with van der Waals surface area (Å²) in [6.07, 6.45) is 2.90. The highest BCUT2D eigenvalue weighted by Gasteiger charge is 2.12. The van der Waals surface area contributed by atoms with Crippen LogP contribution in [0, 0.1) is 5.92 Å². The van der Waals surface area contributed by atoms with Crippen molar-refractivity contribution in [3.63, 3.8) is 0 Å². The van der Waals surface area contributed by atoms with Gasteiger partial charge in [-0.3, -0.25) is 4.79 Å². The highest BCUT2D eigenvalue weighted by atomic mass is 16.6. The number of hydrogen-bond donors (Lipinski definition) is 1. The van der Waals surface area contributed by atoms with E-state index in [9.17, 15) is 4.79 Å². The first-order valence-corrected chi connectivity index (χ1v) is 4.07. The minimum Gasteiger partial charge on any atom is -0.435 e. The van der Waals surface area contributed by atoms with Gasteiger partial charge in [0.2, 0.25) is 6.29 Å². The quantitative estimate of drug-likeness (QED) is 0.397. The first kappa shape index (κ1) is 11.2. The van der Waals surface area contributed by atoms with Crippen LogP contribution in [0.3, 0.4) is 0 Å². The fraction of sp³-hybridized carbons (Fsp3) is 0.667. The molecule has 0 amide bonds. The number of aliphatic hydroxyl groups is 1. The minimum atomic E-state index is -1.00. The Morgan fingerprint density at radius 1 is 1.58 bits per heavy atom. The van der Waals surface area contributed by atoms with Gasteiger partial charge in [0.15, 0.2) is 0 Å². The lowest BCUT2D eigenvalue weighted by Gasteiger charge is -2.11. The molecule has 0 spiro atoms. The molecule has 0 aliphatic rings. The van der Waals surface area contributed by atoms with Crippen LogP contribution in [0.5, 0.6) is 0 Å². The summed E-state index contributed by atoms with van der Waals surface area (Å²) >= 11 is 0. The average Bonchev–Trinajstić information content (AvgIpc) is 2.00. The van der Waals surface area contributed by atoms with Gasteiger partial charge in [0.05, 0.1) is 5.92 Å². The standard InChI is InChI=1S/C9H16O3/c1-4-5-6-8(10)12-9(11)7(2)3/h4-5,7-8,10H,6H2,1-3H3. The van der Waals surface area contributed by atoms with Gasteiger partial charge in [-0.2, -0.15) is 0 Å². The van der Waals surface area contributed by atoms with E-state index in [4.69, 9.17) is 5.11 Å². The number of ether oxygens (including phenoxy) is 1. The third kappa shape index (κ3) is 4.91. The number of hydrogen-bond acceptors (Lipinski definition) is 3. The van der Waals surface area contributed by atoms with Gasteiger partial charge in [0.25, 0.3) is 0 Å². The molecule has 0 aliphatic carbocycles. The third-order valence-electron chi connectivity index (χ3n) is 1.30. The van der Waals surface area contributed by atoms with Gasteiger partial charge < -0.3 is 9.84 Å². The van der Waals surface area contributed by atoms with Crippen molar-refractivity contribution in [3.8, 4) is 0 Å². The van der Waals surface area contributed by atoms with Gasteiger partial charge in [-0.25, -0.2) is 0 Å². The number of carbonyl (C=O) groups is 1. The molecule has 0 saturated heterocycles. The van der Waals surface area contributed by atoms with Crippen molar-refractivity contribution in [2.75, 3.05) is 0 Å². The van der Waals surface area contributed by atoms with E-state index in [1.54, 1.807) is 26.0 Å². The Balaban J connectivity index is 3.68. The SMILES string of the molecule is CC=CCC(O)OC(=O)C(C)C. The van der Waals surface area contributed by atoms with Crippen LogP contribution in [0.2, 0.25) is 0 Å². The molecule has 1 N–H and O–H groups in total. The van der Waals surface area contributed by atoms with Crippen molar-refractivity contribution in [3.05, 3.63) is 12.2 Å². The zero-order valence-corrected chi connectivity index (χ0v) is 7.78. The molecule has 1 unspecified atom stereocenters. The van der Waals surface area contributed by atoms with Gasteiger partial charge >= 0.3 is 5.97 Å². The first-order valence-electron chi connectivity index (χ1n) is 4.07. The van der Waals surface area contributed by atoms with Crippen molar-refractivity contribution < 1.29 is 14.6 Å². The zero-order chi connectivity index (χ0) is 9.56. The fourth-order valence-electron chi connectivity index (χ4n) is 0.571. The molecule has 1 atom stereocenters. The molecule has 3 heteroatoms. The first-order chi connectivity index (χ1) is 5.57. The lowest BCUT2D eigenvalue weighted by Crippen LogP contribution is -2.20. The van der Waals surface area contributed by atoms with Gasteiger partial charge in [-0.05, 0) is 6.92 Å². The second-order valence-corrected chi connectivity index (χ2v) is 2.85. The highest BCUT2D eigenvalue weighted by molar-refractivity contribution is 5.71. The summed E-state index contributed by atoms with van der Waals surface area (Å²) in [6.45, 7) is 5.30. The second-order valence-electron chi connectivity index (χ2n) is 2.85. The van der Waals surface area contributed by atoms with Crippen LogP contribution in [0.4, 0.5) is 0 Å². The van der Waals surface area contributed by atoms with E-state index < -0.39 is 6.29 Å². The summed E-state index contributed by atoms with van der Waals surface area (Å²) < 4.78 is 4.68. The minimum absolute atomic E-state index is 0.190. The predicted molar refractivity (Wildman–Crippen MR) is 46.4 cm³/mol. The van der Waals surface area contributed by atoms with Crippen LogP contribution < -0.4 is 0 Å². The summed E-state index contributed by atoms with van der Waals surface area (Å²) in [5, 5.41) is 9.11. The molecule has 0 aromatic carbocycles. The molecule has 0 aliphatic heterocycles. The summed E-state index contributed by atoms with van der Waals surface area (Å²) in [7, 11) is 0. The molecule has 0 aromatic heterocycles. The number of carbonyl (C=O) groups excluding carboxylic acids is 1. The van der Waals surface area contributed by atoms with Gasteiger partial charge in [0.1, 0.15) is 0 Å². The normalized spacial score (nSPS) is 13.8. The fourth-order valence-corrected chi connectivity index (χ4v) is 0.571. The highest BCUT2D eigenvalue weighted by Crippen LogP contribution is 2.02. The Kier molecular flexibility index (Phi) is 5.37. The molecule has 70 valence electrons. The van der Waals surface area contributed by atoms with E-state index in [1.807, 2.05) is 6.92 Å². The van der Waals surface area contributed by atoms with Gasteiger partial charge in [-0.1, -0.05) is 26.0 Å². The Hall–Kier alpha value is -0.830. The van der Waals surface area contributed by atoms with E-state index in [0.29, 0.717) is 6.42 Å². The molecule has 0 fully saturated rings. The van der Waals surface area contributed by atoms with Crippen molar-refractivity contribution in [1.29, 1.82) is 0 Å².